The van der Waals surface area contributed by atoms with Gasteiger partial charge in [0.25, 0.3) is 0 Å². The topological polar surface area (TPSA) is 66.4 Å². The van der Waals surface area contributed by atoms with E-state index in [2.05, 4.69) is 21.2 Å². The van der Waals surface area contributed by atoms with Crippen molar-refractivity contribution in [2.75, 3.05) is 0 Å². The first kappa shape index (κ1) is 14.1. The van der Waals surface area contributed by atoms with Gasteiger partial charge in [0.15, 0.2) is 0 Å². The summed E-state index contributed by atoms with van der Waals surface area (Å²) >= 11 is 3.57. The van der Waals surface area contributed by atoms with E-state index in [0.717, 1.165) is 24.8 Å². The monoisotopic (exact) mass is 325 g/mol. The Balaban J connectivity index is 2.33. The minimum Gasteiger partial charge on any atom is -0.478 e. The van der Waals surface area contributed by atoms with Crippen molar-refractivity contribution in [2.24, 2.45) is 0 Å². The molecule has 1 aromatic rings. The van der Waals surface area contributed by atoms with Gasteiger partial charge in [0, 0.05) is 16.8 Å². The lowest BCUT2D eigenvalue weighted by Crippen LogP contribution is -2.40. The zero-order valence-corrected chi connectivity index (χ0v) is 12.0. The molecule has 0 aliphatic heterocycles. The molecule has 2 rings (SSSR count). The van der Waals surface area contributed by atoms with Gasteiger partial charge < -0.3 is 10.4 Å². The van der Waals surface area contributed by atoms with Crippen LogP contribution in [0.5, 0.6) is 0 Å². The van der Waals surface area contributed by atoms with Crippen LogP contribution in [-0.2, 0) is 4.79 Å². The second-order valence-electron chi connectivity index (χ2n) is 4.80. The second kappa shape index (κ2) is 6.19. The molecule has 1 aliphatic rings. The van der Waals surface area contributed by atoms with Crippen LogP contribution in [0.3, 0.4) is 0 Å². The second-order valence-corrected chi connectivity index (χ2v) is 6.10. The summed E-state index contributed by atoms with van der Waals surface area (Å²) in [6.45, 7) is 0. The van der Waals surface area contributed by atoms with Crippen molar-refractivity contribution in [3.05, 3.63) is 35.4 Å². The summed E-state index contributed by atoms with van der Waals surface area (Å²) in [5, 5.41) is 12.1. The lowest BCUT2D eigenvalue weighted by molar-refractivity contribution is -0.110. The molecule has 4 nitrogen and oxygen atoms in total. The number of carboxylic acid groups (broad SMARTS) is 1. The summed E-state index contributed by atoms with van der Waals surface area (Å²) in [4.78, 5) is 22.4. The fourth-order valence-electron chi connectivity index (χ4n) is 2.78. The maximum Gasteiger partial charge on any atom is 0.335 e. The van der Waals surface area contributed by atoms with Gasteiger partial charge in [0.1, 0.15) is 0 Å². The molecule has 1 aromatic carbocycles. The highest BCUT2D eigenvalue weighted by atomic mass is 79.9. The Kier molecular flexibility index (Phi) is 4.58. The summed E-state index contributed by atoms with van der Waals surface area (Å²) < 4.78 is 0. The molecule has 102 valence electrons. The molecule has 0 heterocycles. The van der Waals surface area contributed by atoms with Gasteiger partial charge in [0.2, 0.25) is 6.41 Å². The molecule has 5 heteroatoms. The molecule has 0 saturated heterocycles. The highest BCUT2D eigenvalue weighted by Crippen LogP contribution is 2.37. The fraction of sp³-hybridized carbons (Fsp3) is 0.429. The third kappa shape index (κ3) is 3.15. The predicted octanol–water partition coefficient (Wildman–Crippen LogP) is 2.53. The quantitative estimate of drug-likeness (QED) is 0.660. The fourth-order valence-corrected chi connectivity index (χ4v) is 3.45. The zero-order valence-electron chi connectivity index (χ0n) is 10.4. The minimum atomic E-state index is -0.915. The number of amides is 1. The highest BCUT2D eigenvalue weighted by Gasteiger charge is 2.32. The molecule has 0 bridgehead atoms. The van der Waals surface area contributed by atoms with Crippen LogP contribution in [0, 0.1) is 0 Å². The smallest absolute Gasteiger partial charge is 0.335 e. The van der Waals surface area contributed by atoms with Crippen LogP contribution < -0.4 is 5.32 Å². The molecule has 2 N–H and O–H groups in total. The van der Waals surface area contributed by atoms with E-state index in [1.54, 1.807) is 12.1 Å². The minimum absolute atomic E-state index is 0.0175. The zero-order chi connectivity index (χ0) is 13.8. The van der Waals surface area contributed by atoms with Crippen molar-refractivity contribution in [3.8, 4) is 0 Å². The van der Waals surface area contributed by atoms with Crippen molar-refractivity contribution < 1.29 is 14.7 Å². The molecule has 1 fully saturated rings. The first-order valence-electron chi connectivity index (χ1n) is 6.29. The summed E-state index contributed by atoms with van der Waals surface area (Å²) in [7, 11) is 0. The standard InChI is InChI=1S/C14H16BrNO3/c15-9-5-6-11(13(7-9)16-8-17)10-3-1-2-4-12(10)14(18)19/h1-4,8-9,11,13H,5-7H2,(H,16,17)(H,18,19)/t9-,11-,13-/m0/s1. The molecular formula is C14H16BrNO3. The number of alkyl halides is 1. The van der Waals surface area contributed by atoms with Gasteiger partial charge in [-0.15, -0.1) is 0 Å². The van der Waals surface area contributed by atoms with Gasteiger partial charge in [-0.2, -0.15) is 0 Å². The number of nitrogens with one attached hydrogen (secondary N) is 1. The number of carbonyl (C=O) groups is 2. The van der Waals surface area contributed by atoms with Crippen LogP contribution in [-0.4, -0.2) is 28.4 Å². The number of carboxylic acids is 1. The van der Waals surface area contributed by atoms with Crippen LogP contribution in [0.2, 0.25) is 0 Å². The normalized spacial score (nSPS) is 26.7. The van der Waals surface area contributed by atoms with E-state index in [4.69, 9.17) is 0 Å². The van der Waals surface area contributed by atoms with Gasteiger partial charge in [-0.05, 0) is 30.9 Å². The number of aromatic carboxylic acids is 1. The van der Waals surface area contributed by atoms with Gasteiger partial charge in [-0.1, -0.05) is 34.1 Å². The van der Waals surface area contributed by atoms with Crippen LogP contribution in [0.1, 0.15) is 41.1 Å². The number of halogens is 1. The van der Waals surface area contributed by atoms with Gasteiger partial charge in [-0.25, -0.2) is 4.79 Å². The molecule has 19 heavy (non-hydrogen) atoms. The van der Waals surface area contributed by atoms with Crippen molar-refractivity contribution >= 4 is 28.3 Å². The van der Waals surface area contributed by atoms with E-state index in [1.165, 1.54) is 0 Å². The van der Waals surface area contributed by atoms with Crippen LogP contribution in [0.25, 0.3) is 0 Å². The van der Waals surface area contributed by atoms with E-state index in [-0.39, 0.29) is 12.0 Å². The van der Waals surface area contributed by atoms with Crippen molar-refractivity contribution in [3.63, 3.8) is 0 Å². The molecule has 1 saturated carbocycles. The SMILES string of the molecule is O=CN[C@H]1C[C@@H](Br)CC[C@H]1c1ccccc1C(=O)O. The first-order valence-corrected chi connectivity index (χ1v) is 7.21. The van der Waals surface area contributed by atoms with Crippen molar-refractivity contribution in [1.82, 2.24) is 5.32 Å². The average molecular weight is 326 g/mol. The molecule has 0 spiro atoms. The molecule has 3 atom stereocenters. The lowest BCUT2D eigenvalue weighted by atomic mass is 9.78. The molecular weight excluding hydrogens is 310 g/mol. The summed E-state index contributed by atoms with van der Waals surface area (Å²) in [6, 6.07) is 7.03. The lowest BCUT2D eigenvalue weighted by Gasteiger charge is -2.34. The predicted molar refractivity (Wildman–Crippen MR) is 75.7 cm³/mol. The van der Waals surface area contributed by atoms with E-state index in [9.17, 15) is 14.7 Å². The Labute approximate surface area is 120 Å². The number of rotatable bonds is 4. The molecule has 0 unspecified atom stereocenters. The Morgan fingerprint density at radius 3 is 2.79 bits per heavy atom. The van der Waals surface area contributed by atoms with Crippen LogP contribution >= 0.6 is 15.9 Å². The third-order valence-electron chi connectivity index (χ3n) is 3.66. The Morgan fingerprint density at radius 2 is 2.11 bits per heavy atom. The number of carbonyl (C=O) groups excluding carboxylic acids is 1. The number of hydrogen-bond acceptors (Lipinski definition) is 2. The number of hydrogen-bond donors (Lipinski definition) is 2. The Morgan fingerprint density at radius 1 is 1.37 bits per heavy atom. The Bertz CT molecular complexity index is 478. The summed E-state index contributed by atoms with van der Waals surface area (Å²) in [5.74, 6) is -0.854. The van der Waals surface area contributed by atoms with Crippen LogP contribution in [0.15, 0.2) is 24.3 Å². The molecule has 0 radical (unpaired) electrons. The summed E-state index contributed by atoms with van der Waals surface area (Å²) in [5.41, 5.74) is 1.15. The third-order valence-corrected chi connectivity index (χ3v) is 4.49. The van der Waals surface area contributed by atoms with Gasteiger partial charge in [-0.3, -0.25) is 4.79 Å². The van der Waals surface area contributed by atoms with Gasteiger partial charge in [0.05, 0.1) is 5.56 Å². The van der Waals surface area contributed by atoms with Crippen LogP contribution in [0.4, 0.5) is 0 Å². The summed E-state index contributed by atoms with van der Waals surface area (Å²) in [6.07, 6.45) is 3.37. The molecule has 1 aliphatic carbocycles. The largest absolute Gasteiger partial charge is 0.478 e. The van der Waals surface area contributed by atoms with Crippen molar-refractivity contribution in [1.29, 1.82) is 0 Å². The maximum absolute atomic E-state index is 11.3. The first-order chi connectivity index (χ1) is 9.13. The van der Waals surface area contributed by atoms with E-state index in [1.807, 2.05) is 12.1 Å². The van der Waals surface area contributed by atoms with Gasteiger partial charge >= 0.3 is 5.97 Å². The van der Waals surface area contributed by atoms with E-state index in [0.29, 0.717) is 16.8 Å². The molecule has 1 amide bonds. The van der Waals surface area contributed by atoms with E-state index >= 15 is 0 Å². The number of benzene rings is 1. The van der Waals surface area contributed by atoms with Crippen molar-refractivity contribution in [2.45, 2.75) is 36.0 Å². The molecule has 0 aromatic heterocycles. The van der Waals surface area contributed by atoms with E-state index < -0.39 is 5.97 Å². The maximum atomic E-state index is 11.3. The highest BCUT2D eigenvalue weighted by molar-refractivity contribution is 9.09. The average Bonchev–Trinajstić information content (AvgIpc) is 2.39. The Hall–Kier alpha value is -1.36.